The molecular formula is C15H19N. The highest BCUT2D eigenvalue weighted by Gasteiger charge is 2.37. The van der Waals surface area contributed by atoms with E-state index in [0.717, 1.165) is 11.3 Å². The molecule has 0 bridgehead atoms. The molecule has 0 saturated heterocycles. The van der Waals surface area contributed by atoms with Gasteiger partial charge in [-0.2, -0.15) is 0 Å². The summed E-state index contributed by atoms with van der Waals surface area (Å²) in [5.74, 6) is 4.99. The second-order valence-electron chi connectivity index (χ2n) is 4.65. The number of anilines is 1. The maximum atomic E-state index is 5.20. The molecule has 0 aliphatic heterocycles. The molecule has 1 aromatic carbocycles. The van der Waals surface area contributed by atoms with Crippen molar-refractivity contribution in [1.29, 1.82) is 0 Å². The maximum absolute atomic E-state index is 5.20. The van der Waals surface area contributed by atoms with E-state index in [4.69, 9.17) is 6.42 Å². The summed E-state index contributed by atoms with van der Waals surface area (Å²) in [7, 11) is 1.87. The third kappa shape index (κ3) is 2.39. The van der Waals surface area contributed by atoms with Crippen LogP contribution in [0.15, 0.2) is 24.3 Å². The van der Waals surface area contributed by atoms with E-state index in [2.05, 4.69) is 11.2 Å². The molecule has 3 rings (SSSR count). The highest BCUT2D eigenvalue weighted by atomic mass is 14.8. The Morgan fingerprint density at radius 3 is 2.19 bits per heavy atom. The molecule has 0 amide bonds. The minimum absolute atomic E-state index is 0.909. The molecule has 84 valence electrons. The molecular weight excluding hydrogens is 194 g/mol. The Bertz CT molecular complexity index is 371. The lowest BCUT2D eigenvalue weighted by Gasteiger charge is -2.46. The lowest BCUT2D eigenvalue weighted by atomic mass is 9.60. The SMILES string of the molecule is C#Cc1cccc(NC)c1.C1CC2CCC12. The van der Waals surface area contributed by atoms with Crippen LogP contribution in [0.5, 0.6) is 0 Å². The Kier molecular flexibility index (Phi) is 3.51. The van der Waals surface area contributed by atoms with E-state index in [1.807, 2.05) is 31.3 Å². The Morgan fingerprint density at radius 1 is 1.19 bits per heavy atom. The minimum Gasteiger partial charge on any atom is -0.388 e. The van der Waals surface area contributed by atoms with E-state index in [1.165, 1.54) is 11.8 Å². The topological polar surface area (TPSA) is 12.0 Å². The van der Waals surface area contributed by atoms with Crippen LogP contribution in [0.3, 0.4) is 0 Å². The first-order valence-corrected chi connectivity index (χ1v) is 6.08. The Hall–Kier alpha value is -1.42. The van der Waals surface area contributed by atoms with Crippen LogP contribution < -0.4 is 5.32 Å². The van der Waals surface area contributed by atoms with E-state index in [9.17, 15) is 0 Å². The van der Waals surface area contributed by atoms with Gasteiger partial charge < -0.3 is 5.32 Å². The number of nitrogens with one attached hydrogen (secondary N) is 1. The van der Waals surface area contributed by atoms with Crippen molar-refractivity contribution < 1.29 is 0 Å². The lowest BCUT2D eigenvalue weighted by molar-refractivity contribution is 0.0548. The molecule has 0 spiro atoms. The monoisotopic (exact) mass is 213 g/mol. The molecule has 1 nitrogen and oxygen atoms in total. The summed E-state index contributed by atoms with van der Waals surface area (Å²) in [5.41, 5.74) is 1.96. The van der Waals surface area contributed by atoms with Gasteiger partial charge in [0.1, 0.15) is 0 Å². The van der Waals surface area contributed by atoms with Crippen LogP contribution in [-0.2, 0) is 0 Å². The molecule has 0 radical (unpaired) electrons. The number of terminal acetylenes is 1. The molecule has 1 N–H and O–H groups in total. The quantitative estimate of drug-likeness (QED) is 0.704. The molecule has 2 aliphatic carbocycles. The second-order valence-corrected chi connectivity index (χ2v) is 4.65. The van der Waals surface area contributed by atoms with Crippen molar-refractivity contribution in [1.82, 2.24) is 0 Å². The van der Waals surface area contributed by atoms with Gasteiger partial charge in [-0.1, -0.05) is 12.0 Å². The van der Waals surface area contributed by atoms with Crippen molar-refractivity contribution in [2.45, 2.75) is 25.7 Å². The van der Waals surface area contributed by atoms with E-state index in [1.54, 1.807) is 25.7 Å². The molecule has 0 atom stereocenters. The predicted molar refractivity (Wildman–Crippen MR) is 69.4 cm³/mol. The van der Waals surface area contributed by atoms with Gasteiger partial charge in [-0.15, -0.1) is 6.42 Å². The molecule has 1 heteroatoms. The number of hydrogen-bond donors (Lipinski definition) is 1. The lowest BCUT2D eigenvalue weighted by Crippen LogP contribution is -2.34. The average molecular weight is 213 g/mol. The van der Waals surface area contributed by atoms with Crippen molar-refractivity contribution in [2.75, 3.05) is 12.4 Å². The summed E-state index contributed by atoms with van der Waals surface area (Å²) in [4.78, 5) is 0. The summed E-state index contributed by atoms with van der Waals surface area (Å²) in [5, 5.41) is 3.01. The standard InChI is InChI=1S/C9H9N.C6H10/c1-3-8-5-4-6-9(7-8)10-2;1-2-6-4-3-5(1)6/h1,4-7,10H,2H3;5-6H,1-4H2. The van der Waals surface area contributed by atoms with Crippen LogP contribution in [0.2, 0.25) is 0 Å². The highest BCUT2D eigenvalue weighted by molar-refractivity contribution is 5.49. The average Bonchev–Trinajstić information content (AvgIpc) is 2.34. The first kappa shape index (κ1) is 11.1. The molecule has 1 aromatic rings. The van der Waals surface area contributed by atoms with Crippen molar-refractivity contribution in [3.8, 4) is 12.3 Å². The van der Waals surface area contributed by atoms with Gasteiger partial charge in [0, 0.05) is 18.3 Å². The highest BCUT2D eigenvalue weighted by Crippen LogP contribution is 2.49. The molecule has 2 aliphatic rings. The summed E-state index contributed by atoms with van der Waals surface area (Å²) < 4.78 is 0. The Labute approximate surface area is 98.3 Å². The van der Waals surface area contributed by atoms with Crippen LogP contribution in [0.4, 0.5) is 5.69 Å². The first-order valence-electron chi connectivity index (χ1n) is 6.08. The number of rotatable bonds is 1. The predicted octanol–water partition coefficient (Wildman–Crippen LogP) is 3.52. The summed E-state index contributed by atoms with van der Waals surface area (Å²) in [6, 6.07) is 7.74. The Morgan fingerprint density at radius 2 is 1.81 bits per heavy atom. The Balaban J connectivity index is 0.000000134. The normalized spacial score (nSPS) is 24.8. The van der Waals surface area contributed by atoms with E-state index >= 15 is 0 Å². The summed E-state index contributed by atoms with van der Waals surface area (Å²) in [6.45, 7) is 0. The third-order valence-electron chi connectivity index (χ3n) is 3.80. The van der Waals surface area contributed by atoms with Gasteiger partial charge in [-0.05, 0) is 55.7 Å². The van der Waals surface area contributed by atoms with Crippen LogP contribution in [0, 0.1) is 24.2 Å². The second kappa shape index (κ2) is 5.07. The van der Waals surface area contributed by atoms with Crippen LogP contribution in [0.25, 0.3) is 0 Å². The minimum atomic E-state index is 0.909. The summed E-state index contributed by atoms with van der Waals surface area (Å²) in [6.07, 6.45) is 11.4. The number of hydrogen-bond acceptors (Lipinski definition) is 1. The largest absolute Gasteiger partial charge is 0.388 e. The fourth-order valence-corrected chi connectivity index (χ4v) is 2.33. The molecule has 0 heterocycles. The van der Waals surface area contributed by atoms with E-state index in [0.29, 0.717) is 0 Å². The first-order chi connectivity index (χ1) is 7.83. The van der Waals surface area contributed by atoms with Gasteiger partial charge in [0.15, 0.2) is 0 Å². The van der Waals surface area contributed by atoms with Gasteiger partial charge in [-0.25, -0.2) is 0 Å². The van der Waals surface area contributed by atoms with E-state index in [-0.39, 0.29) is 0 Å². The van der Waals surface area contributed by atoms with Gasteiger partial charge in [0.05, 0.1) is 0 Å². The number of fused-ring (bicyclic) bond motifs is 1. The zero-order valence-electron chi connectivity index (χ0n) is 9.87. The van der Waals surface area contributed by atoms with Crippen molar-refractivity contribution in [2.24, 2.45) is 11.8 Å². The van der Waals surface area contributed by atoms with Gasteiger partial charge >= 0.3 is 0 Å². The van der Waals surface area contributed by atoms with Gasteiger partial charge in [0.25, 0.3) is 0 Å². The van der Waals surface area contributed by atoms with Gasteiger partial charge in [-0.3, -0.25) is 0 Å². The fourth-order valence-electron chi connectivity index (χ4n) is 2.33. The van der Waals surface area contributed by atoms with Crippen LogP contribution in [0.1, 0.15) is 31.2 Å². The van der Waals surface area contributed by atoms with Crippen LogP contribution in [-0.4, -0.2) is 7.05 Å². The van der Waals surface area contributed by atoms with Crippen LogP contribution >= 0.6 is 0 Å². The molecule has 0 aromatic heterocycles. The molecule has 2 saturated carbocycles. The third-order valence-corrected chi connectivity index (χ3v) is 3.80. The zero-order valence-corrected chi connectivity index (χ0v) is 9.87. The van der Waals surface area contributed by atoms with Crippen molar-refractivity contribution in [3.63, 3.8) is 0 Å². The van der Waals surface area contributed by atoms with E-state index < -0.39 is 0 Å². The zero-order chi connectivity index (χ0) is 11.4. The smallest absolute Gasteiger partial charge is 0.0350 e. The maximum Gasteiger partial charge on any atom is 0.0350 e. The van der Waals surface area contributed by atoms with Crippen molar-refractivity contribution in [3.05, 3.63) is 29.8 Å². The van der Waals surface area contributed by atoms with Crippen molar-refractivity contribution >= 4 is 5.69 Å². The number of benzene rings is 1. The fraction of sp³-hybridized carbons (Fsp3) is 0.467. The molecule has 2 fully saturated rings. The molecule has 16 heavy (non-hydrogen) atoms. The summed E-state index contributed by atoms with van der Waals surface area (Å²) >= 11 is 0. The molecule has 0 unspecified atom stereocenters. The van der Waals surface area contributed by atoms with Gasteiger partial charge in [0.2, 0.25) is 0 Å².